The van der Waals surface area contributed by atoms with Crippen molar-refractivity contribution in [2.24, 2.45) is 0 Å². The van der Waals surface area contributed by atoms with Crippen molar-refractivity contribution in [3.63, 3.8) is 0 Å². The number of hydrogen-bond donors (Lipinski definition) is 2. The van der Waals surface area contributed by atoms with Gasteiger partial charge in [0.05, 0.1) is 6.04 Å². The molecule has 1 atom stereocenters. The molecule has 1 aromatic rings. The van der Waals surface area contributed by atoms with Crippen LogP contribution in [0.2, 0.25) is 0 Å². The van der Waals surface area contributed by atoms with Crippen LogP contribution in [0.3, 0.4) is 0 Å². The fourth-order valence-corrected chi connectivity index (χ4v) is 2.02. The largest absolute Gasteiger partial charge is 0.324 e. The van der Waals surface area contributed by atoms with Crippen molar-refractivity contribution in [3.8, 4) is 0 Å². The highest BCUT2D eigenvalue weighted by Crippen LogP contribution is 2.17. The van der Waals surface area contributed by atoms with Crippen LogP contribution in [-0.4, -0.2) is 18.5 Å². The molecule has 0 saturated carbocycles. The Kier molecular flexibility index (Phi) is 5.56. The van der Waals surface area contributed by atoms with Gasteiger partial charge >= 0.3 is 0 Å². The first kappa shape index (κ1) is 14.9. The standard InChI is InChI=1S/C13H17FN2O.ClH/c1-9-5-6-10(14)8-12(9)16-13(17)11-4-2-3-7-15-11;/h5-6,8,11,15H,2-4,7H2,1H3,(H,16,17);1H. The second-order valence-corrected chi connectivity index (χ2v) is 4.45. The maximum absolute atomic E-state index is 13.1. The van der Waals surface area contributed by atoms with Crippen molar-refractivity contribution in [2.45, 2.75) is 32.2 Å². The number of rotatable bonds is 2. The Labute approximate surface area is 113 Å². The molecule has 1 saturated heterocycles. The van der Waals surface area contributed by atoms with Crippen LogP contribution in [-0.2, 0) is 4.79 Å². The molecule has 2 N–H and O–H groups in total. The molecule has 1 unspecified atom stereocenters. The molecule has 1 heterocycles. The van der Waals surface area contributed by atoms with E-state index in [1.807, 2.05) is 6.92 Å². The van der Waals surface area contributed by atoms with Crippen molar-refractivity contribution >= 4 is 24.0 Å². The molecule has 3 nitrogen and oxygen atoms in total. The summed E-state index contributed by atoms with van der Waals surface area (Å²) in [6, 6.07) is 4.27. The number of anilines is 1. The van der Waals surface area contributed by atoms with Crippen molar-refractivity contribution in [3.05, 3.63) is 29.6 Å². The van der Waals surface area contributed by atoms with Gasteiger partial charge in [0.15, 0.2) is 0 Å². The molecule has 0 aromatic heterocycles. The van der Waals surface area contributed by atoms with Crippen LogP contribution in [0.1, 0.15) is 24.8 Å². The molecular weight excluding hydrogens is 255 g/mol. The van der Waals surface area contributed by atoms with Gasteiger partial charge in [-0.2, -0.15) is 0 Å². The molecule has 0 aliphatic carbocycles. The third kappa shape index (κ3) is 3.68. The lowest BCUT2D eigenvalue weighted by Gasteiger charge is -2.22. The number of amides is 1. The predicted octanol–water partition coefficient (Wildman–Crippen LogP) is 2.64. The number of aryl methyl sites for hydroxylation is 1. The van der Waals surface area contributed by atoms with E-state index >= 15 is 0 Å². The zero-order chi connectivity index (χ0) is 12.3. The summed E-state index contributed by atoms with van der Waals surface area (Å²) in [5.74, 6) is -0.402. The van der Waals surface area contributed by atoms with E-state index in [1.54, 1.807) is 6.07 Å². The summed E-state index contributed by atoms with van der Waals surface area (Å²) in [7, 11) is 0. The van der Waals surface area contributed by atoms with Crippen molar-refractivity contribution in [1.82, 2.24) is 5.32 Å². The first-order valence-electron chi connectivity index (χ1n) is 5.97. The first-order chi connectivity index (χ1) is 8.16. The maximum Gasteiger partial charge on any atom is 0.241 e. The van der Waals surface area contributed by atoms with Crippen LogP contribution < -0.4 is 10.6 Å². The SMILES string of the molecule is Cc1ccc(F)cc1NC(=O)C1CCCCN1.Cl. The van der Waals surface area contributed by atoms with Gasteiger partial charge in [0.2, 0.25) is 5.91 Å². The summed E-state index contributed by atoms with van der Waals surface area (Å²) in [5.41, 5.74) is 1.43. The fraction of sp³-hybridized carbons (Fsp3) is 0.462. The average Bonchev–Trinajstić information content (AvgIpc) is 2.35. The Morgan fingerprint density at radius 2 is 2.22 bits per heavy atom. The molecule has 1 fully saturated rings. The number of halogens is 2. The summed E-state index contributed by atoms with van der Waals surface area (Å²) in [6.45, 7) is 2.73. The van der Waals surface area contributed by atoms with E-state index in [0.29, 0.717) is 5.69 Å². The highest BCUT2D eigenvalue weighted by molar-refractivity contribution is 5.95. The average molecular weight is 273 g/mol. The maximum atomic E-state index is 13.1. The van der Waals surface area contributed by atoms with Gasteiger partial charge in [-0.15, -0.1) is 12.4 Å². The molecule has 1 aliphatic heterocycles. The van der Waals surface area contributed by atoms with E-state index in [-0.39, 0.29) is 30.2 Å². The van der Waals surface area contributed by atoms with Gasteiger partial charge in [-0.25, -0.2) is 4.39 Å². The highest BCUT2D eigenvalue weighted by atomic mass is 35.5. The van der Waals surface area contributed by atoms with Crippen LogP contribution >= 0.6 is 12.4 Å². The van der Waals surface area contributed by atoms with E-state index in [2.05, 4.69) is 10.6 Å². The number of benzene rings is 1. The second kappa shape index (κ2) is 6.71. The molecule has 1 amide bonds. The van der Waals surface area contributed by atoms with E-state index in [9.17, 15) is 9.18 Å². The molecule has 2 rings (SSSR count). The van der Waals surface area contributed by atoms with Gasteiger partial charge in [-0.1, -0.05) is 12.5 Å². The molecule has 0 bridgehead atoms. The topological polar surface area (TPSA) is 41.1 Å². The quantitative estimate of drug-likeness (QED) is 0.869. The van der Waals surface area contributed by atoms with E-state index in [0.717, 1.165) is 31.4 Å². The number of piperidine rings is 1. The Morgan fingerprint density at radius 1 is 1.44 bits per heavy atom. The lowest BCUT2D eigenvalue weighted by Crippen LogP contribution is -2.43. The minimum Gasteiger partial charge on any atom is -0.324 e. The Hall–Kier alpha value is -1.13. The molecule has 100 valence electrons. The van der Waals surface area contributed by atoms with Crippen molar-refractivity contribution in [2.75, 3.05) is 11.9 Å². The number of hydrogen-bond acceptors (Lipinski definition) is 2. The van der Waals surface area contributed by atoms with Crippen LogP contribution in [0.4, 0.5) is 10.1 Å². The Bertz CT molecular complexity index is 419. The monoisotopic (exact) mass is 272 g/mol. The molecule has 1 aromatic carbocycles. The third-order valence-electron chi connectivity index (χ3n) is 3.08. The highest BCUT2D eigenvalue weighted by Gasteiger charge is 2.20. The minimum absolute atomic E-state index is 0. The summed E-state index contributed by atoms with van der Waals surface area (Å²) in [5, 5.41) is 5.95. The lowest BCUT2D eigenvalue weighted by molar-refractivity contribution is -0.118. The van der Waals surface area contributed by atoms with E-state index in [4.69, 9.17) is 0 Å². The molecule has 18 heavy (non-hydrogen) atoms. The number of carbonyl (C=O) groups excluding carboxylic acids is 1. The van der Waals surface area contributed by atoms with Crippen LogP contribution in [0, 0.1) is 12.7 Å². The summed E-state index contributed by atoms with van der Waals surface area (Å²) >= 11 is 0. The lowest BCUT2D eigenvalue weighted by atomic mass is 10.0. The van der Waals surface area contributed by atoms with Gasteiger partial charge < -0.3 is 10.6 Å². The summed E-state index contributed by atoms with van der Waals surface area (Å²) < 4.78 is 13.1. The van der Waals surface area contributed by atoms with Gasteiger partial charge in [-0.3, -0.25) is 4.79 Å². The fourth-order valence-electron chi connectivity index (χ4n) is 2.02. The number of nitrogens with one attached hydrogen (secondary N) is 2. The van der Waals surface area contributed by atoms with Gasteiger partial charge in [0.1, 0.15) is 5.82 Å². The molecule has 0 spiro atoms. The normalized spacial score (nSPS) is 18.9. The second-order valence-electron chi connectivity index (χ2n) is 4.45. The van der Waals surface area contributed by atoms with Crippen LogP contribution in [0.5, 0.6) is 0 Å². The predicted molar refractivity (Wildman–Crippen MR) is 72.7 cm³/mol. The van der Waals surface area contributed by atoms with Crippen LogP contribution in [0.15, 0.2) is 18.2 Å². The molecular formula is C13H18ClFN2O. The van der Waals surface area contributed by atoms with Crippen molar-refractivity contribution in [1.29, 1.82) is 0 Å². The van der Waals surface area contributed by atoms with Gasteiger partial charge in [0, 0.05) is 5.69 Å². The Morgan fingerprint density at radius 3 is 2.89 bits per heavy atom. The Balaban J connectivity index is 0.00000162. The molecule has 0 radical (unpaired) electrons. The third-order valence-corrected chi connectivity index (χ3v) is 3.08. The van der Waals surface area contributed by atoms with E-state index in [1.165, 1.54) is 12.1 Å². The van der Waals surface area contributed by atoms with Crippen molar-refractivity contribution < 1.29 is 9.18 Å². The molecule has 1 aliphatic rings. The zero-order valence-electron chi connectivity index (χ0n) is 10.3. The van der Waals surface area contributed by atoms with E-state index < -0.39 is 0 Å². The van der Waals surface area contributed by atoms with Crippen LogP contribution in [0.25, 0.3) is 0 Å². The summed E-state index contributed by atoms with van der Waals surface area (Å²) in [4.78, 5) is 11.9. The first-order valence-corrected chi connectivity index (χ1v) is 5.97. The minimum atomic E-state index is -0.331. The number of carbonyl (C=O) groups is 1. The zero-order valence-corrected chi connectivity index (χ0v) is 11.1. The van der Waals surface area contributed by atoms with Gasteiger partial charge in [0.25, 0.3) is 0 Å². The summed E-state index contributed by atoms with van der Waals surface area (Å²) in [6.07, 6.45) is 3.02. The molecule has 5 heteroatoms. The van der Waals surface area contributed by atoms with Gasteiger partial charge in [-0.05, 0) is 44.0 Å². The smallest absolute Gasteiger partial charge is 0.241 e.